The standard InChI is InChI=1S/C19H11Cl2NO3S2/c20-9-3-1-8(2-4-9)15-14-13(16-17(26-15)22-19(24)27-16)11-7-10(21)5-6-12(11)25-18(14)23/h1-7,13-15H,(H,22,24)/t13-,14-,15-/m0/s1. The maximum atomic E-state index is 13.0. The Balaban J connectivity index is 1.74. The van der Waals surface area contributed by atoms with Crippen LogP contribution in [0, 0.1) is 5.92 Å². The van der Waals surface area contributed by atoms with Crippen LogP contribution in [-0.4, -0.2) is 11.0 Å². The van der Waals surface area contributed by atoms with Crippen LogP contribution in [0.5, 0.6) is 5.75 Å². The minimum Gasteiger partial charge on any atom is -0.426 e. The summed E-state index contributed by atoms with van der Waals surface area (Å²) in [4.78, 5) is 28.7. The normalized spacial score (nSPS) is 23.2. The first kappa shape index (κ1) is 17.4. The van der Waals surface area contributed by atoms with Gasteiger partial charge in [-0.3, -0.25) is 9.59 Å². The Hall–Kier alpha value is -1.73. The summed E-state index contributed by atoms with van der Waals surface area (Å²) in [6.45, 7) is 0. The number of esters is 1. The minimum absolute atomic E-state index is 0.134. The number of hydrogen-bond acceptors (Lipinski definition) is 5. The molecular formula is C19H11Cl2NO3S2. The van der Waals surface area contributed by atoms with Crippen molar-refractivity contribution >= 4 is 52.3 Å². The zero-order chi connectivity index (χ0) is 18.7. The van der Waals surface area contributed by atoms with Crippen LogP contribution >= 0.6 is 46.3 Å². The fourth-order valence-corrected chi connectivity index (χ4v) is 6.60. The summed E-state index contributed by atoms with van der Waals surface area (Å²) in [6.07, 6.45) is 0. The fourth-order valence-electron chi connectivity index (χ4n) is 3.71. The number of H-pyrrole nitrogens is 1. The van der Waals surface area contributed by atoms with E-state index in [1.807, 2.05) is 18.2 Å². The number of thiazole rings is 1. The van der Waals surface area contributed by atoms with E-state index in [-0.39, 0.29) is 22.0 Å². The van der Waals surface area contributed by atoms with Crippen LogP contribution in [0.15, 0.2) is 52.3 Å². The van der Waals surface area contributed by atoms with Crippen LogP contribution in [0.1, 0.15) is 27.2 Å². The van der Waals surface area contributed by atoms with E-state index in [2.05, 4.69) is 4.98 Å². The molecule has 0 radical (unpaired) electrons. The largest absolute Gasteiger partial charge is 0.426 e. The zero-order valence-corrected chi connectivity index (χ0v) is 16.7. The number of thioether (sulfide) groups is 1. The molecule has 3 atom stereocenters. The molecule has 2 aliphatic rings. The van der Waals surface area contributed by atoms with Crippen LogP contribution in [0.4, 0.5) is 0 Å². The van der Waals surface area contributed by atoms with Crippen LogP contribution in [-0.2, 0) is 4.79 Å². The summed E-state index contributed by atoms with van der Waals surface area (Å²) in [5.74, 6) is -0.533. The first-order valence-electron chi connectivity index (χ1n) is 8.17. The maximum absolute atomic E-state index is 13.0. The van der Waals surface area contributed by atoms with Crippen molar-refractivity contribution in [3.63, 3.8) is 0 Å². The number of rotatable bonds is 1. The van der Waals surface area contributed by atoms with Crippen molar-refractivity contribution in [3.05, 3.63) is 78.2 Å². The molecule has 0 fully saturated rings. The van der Waals surface area contributed by atoms with Gasteiger partial charge in [0.25, 0.3) is 0 Å². The lowest BCUT2D eigenvalue weighted by atomic mass is 9.78. The van der Waals surface area contributed by atoms with Crippen molar-refractivity contribution in [3.8, 4) is 5.75 Å². The van der Waals surface area contributed by atoms with Crippen molar-refractivity contribution in [1.82, 2.24) is 4.98 Å². The molecule has 136 valence electrons. The predicted octanol–water partition coefficient (Wildman–Crippen LogP) is 5.26. The molecular weight excluding hydrogens is 425 g/mol. The molecule has 0 aliphatic carbocycles. The van der Waals surface area contributed by atoms with Crippen LogP contribution < -0.4 is 9.61 Å². The Morgan fingerprint density at radius 3 is 2.52 bits per heavy atom. The van der Waals surface area contributed by atoms with E-state index in [9.17, 15) is 9.59 Å². The Morgan fingerprint density at radius 2 is 1.74 bits per heavy atom. The van der Waals surface area contributed by atoms with Crippen LogP contribution in [0.25, 0.3) is 0 Å². The third-order valence-corrected chi connectivity index (χ3v) is 7.80. The highest BCUT2D eigenvalue weighted by Crippen LogP contribution is 2.58. The van der Waals surface area contributed by atoms with E-state index in [0.717, 1.165) is 32.4 Å². The molecule has 0 bridgehead atoms. The van der Waals surface area contributed by atoms with Gasteiger partial charge in [0.15, 0.2) is 0 Å². The Kier molecular flexibility index (Phi) is 4.13. The predicted molar refractivity (Wildman–Crippen MR) is 107 cm³/mol. The number of halogens is 2. The third kappa shape index (κ3) is 2.83. The number of aromatic amines is 1. The summed E-state index contributed by atoms with van der Waals surface area (Å²) in [5, 5.41) is 1.79. The molecule has 4 nitrogen and oxygen atoms in total. The third-order valence-electron chi connectivity index (χ3n) is 4.84. The van der Waals surface area contributed by atoms with Gasteiger partial charge in [0, 0.05) is 26.4 Å². The van der Waals surface area contributed by atoms with Gasteiger partial charge in [0.1, 0.15) is 5.75 Å². The summed E-state index contributed by atoms with van der Waals surface area (Å²) in [6, 6.07) is 12.7. The molecule has 5 rings (SSSR count). The van der Waals surface area contributed by atoms with Gasteiger partial charge in [-0.15, -0.1) is 0 Å². The molecule has 3 heterocycles. The highest BCUT2D eigenvalue weighted by atomic mass is 35.5. The van der Waals surface area contributed by atoms with Gasteiger partial charge in [-0.25, -0.2) is 0 Å². The number of carbonyl (C=O) groups is 1. The summed E-state index contributed by atoms with van der Waals surface area (Å²) < 4.78 is 5.63. The van der Waals surface area contributed by atoms with Crippen LogP contribution in [0.3, 0.4) is 0 Å². The Labute approximate surface area is 172 Å². The van der Waals surface area contributed by atoms with Crippen molar-refractivity contribution in [1.29, 1.82) is 0 Å². The molecule has 1 aromatic heterocycles. The number of benzene rings is 2. The lowest BCUT2D eigenvalue weighted by Crippen LogP contribution is -2.37. The average Bonchev–Trinajstić information content (AvgIpc) is 3.02. The Bertz CT molecular complexity index is 1120. The fraction of sp³-hybridized carbons (Fsp3) is 0.158. The second-order valence-electron chi connectivity index (χ2n) is 6.40. The maximum Gasteiger partial charge on any atom is 0.316 e. The molecule has 3 aromatic rings. The summed E-state index contributed by atoms with van der Waals surface area (Å²) >= 11 is 14.9. The van der Waals surface area contributed by atoms with Gasteiger partial charge in [0.05, 0.1) is 16.2 Å². The van der Waals surface area contributed by atoms with Gasteiger partial charge >= 0.3 is 10.8 Å². The summed E-state index contributed by atoms with van der Waals surface area (Å²) in [7, 11) is 0. The van der Waals surface area contributed by atoms with Crippen molar-refractivity contribution in [2.45, 2.75) is 16.2 Å². The molecule has 1 N–H and O–H groups in total. The highest BCUT2D eigenvalue weighted by Gasteiger charge is 2.49. The zero-order valence-electron chi connectivity index (χ0n) is 13.6. The van der Waals surface area contributed by atoms with Gasteiger partial charge in [0.2, 0.25) is 0 Å². The molecule has 27 heavy (non-hydrogen) atoms. The highest BCUT2D eigenvalue weighted by molar-refractivity contribution is 7.99. The quantitative estimate of drug-likeness (QED) is 0.418. The number of carbonyl (C=O) groups excluding carboxylic acids is 1. The number of ether oxygens (including phenoxy) is 1. The summed E-state index contributed by atoms with van der Waals surface area (Å²) in [5.41, 5.74) is 1.79. The average molecular weight is 436 g/mol. The van der Waals surface area contributed by atoms with E-state index in [1.165, 1.54) is 11.8 Å². The molecule has 2 aromatic carbocycles. The molecule has 8 heteroatoms. The minimum atomic E-state index is -0.457. The van der Waals surface area contributed by atoms with E-state index < -0.39 is 5.92 Å². The Morgan fingerprint density at radius 1 is 1.00 bits per heavy atom. The van der Waals surface area contributed by atoms with Gasteiger partial charge < -0.3 is 9.72 Å². The van der Waals surface area contributed by atoms with Crippen LogP contribution in [0.2, 0.25) is 10.0 Å². The lowest BCUT2D eigenvalue weighted by Gasteiger charge is -2.39. The second-order valence-corrected chi connectivity index (χ2v) is 9.44. The molecule has 0 spiro atoms. The van der Waals surface area contributed by atoms with Crippen molar-refractivity contribution < 1.29 is 9.53 Å². The van der Waals surface area contributed by atoms with E-state index in [0.29, 0.717) is 15.8 Å². The van der Waals surface area contributed by atoms with Gasteiger partial charge in [-0.1, -0.05) is 58.4 Å². The first-order valence-corrected chi connectivity index (χ1v) is 10.6. The number of fused-ring (bicyclic) bond motifs is 5. The monoisotopic (exact) mass is 435 g/mol. The van der Waals surface area contributed by atoms with Gasteiger partial charge in [-0.05, 0) is 35.9 Å². The molecule has 0 amide bonds. The SMILES string of the molecule is O=C1Oc2ccc(Cl)cc2[C@@H]2c3sc(=O)[nH]c3S[C@@H](c3ccc(Cl)cc3)[C@@H]12. The second kappa shape index (κ2) is 6.41. The van der Waals surface area contributed by atoms with Crippen molar-refractivity contribution in [2.24, 2.45) is 5.92 Å². The smallest absolute Gasteiger partial charge is 0.316 e. The first-order chi connectivity index (χ1) is 13.0. The van der Waals surface area contributed by atoms with Gasteiger partial charge in [-0.2, -0.15) is 0 Å². The molecule has 0 unspecified atom stereocenters. The van der Waals surface area contributed by atoms with E-state index in [1.54, 1.807) is 24.3 Å². The number of hydrogen-bond donors (Lipinski definition) is 1. The molecule has 2 aliphatic heterocycles. The van der Waals surface area contributed by atoms with E-state index >= 15 is 0 Å². The molecule has 0 saturated heterocycles. The molecule has 0 saturated carbocycles. The lowest BCUT2D eigenvalue weighted by molar-refractivity contribution is -0.140. The number of aromatic nitrogens is 1. The van der Waals surface area contributed by atoms with E-state index in [4.69, 9.17) is 27.9 Å². The number of nitrogens with one attached hydrogen (secondary N) is 1. The van der Waals surface area contributed by atoms with Crippen molar-refractivity contribution in [2.75, 3.05) is 0 Å². The topological polar surface area (TPSA) is 59.2 Å².